The molecule has 144 valence electrons. The number of rotatable bonds is 7. The fraction of sp³-hybridized carbons (Fsp3) is 0.222. The van der Waals surface area contributed by atoms with Gasteiger partial charge in [0.1, 0.15) is 5.75 Å². The lowest BCUT2D eigenvalue weighted by molar-refractivity contribution is -0.274. The SMILES string of the molecule is CN(C)c1ccc(/C=N/OCC(=O)Nc2ccc(OC(F)(F)F)cc2)cc1. The number of halogens is 3. The highest BCUT2D eigenvalue weighted by atomic mass is 19.4. The highest BCUT2D eigenvalue weighted by Crippen LogP contribution is 2.23. The van der Waals surface area contributed by atoms with E-state index in [2.05, 4.69) is 15.2 Å². The summed E-state index contributed by atoms with van der Waals surface area (Å²) in [6, 6.07) is 12.3. The first-order chi connectivity index (χ1) is 12.7. The third kappa shape index (κ3) is 7.27. The van der Waals surface area contributed by atoms with Crippen LogP contribution in [-0.2, 0) is 9.63 Å². The molecule has 0 spiro atoms. The van der Waals surface area contributed by atoms with Gasteiger partial charge in [0.15, 0.2) is 6.61 Å². The highest BCUT2D eigenvalue weighted by molar-refractivity contribution is 5.91. The van der Waals surface area contributed by atoms with Gasteiger partial charge in [-0.25, -0.2) is 0 Å². The van der Waals surface area contributed by atoms with Gasteiger partial charge in [-0.15, -0.1) is 13.2 Å². The number of ether oxygens (including phenoxy) is 1. The predicted molar refractivity (Wildman–Crippen MR) is 96.1 cm³/mol. The Bertz CT molecular complexity index is 773. The first-order valence-corrected chi connectivity index (χ1v) is 7.81. The lowest BCUT2D eigenvalue weighted by Crippen LogP contribution is -2.18. The van der Waals surface area contributed by atoms with Crippen LogP contribution in [0.5, 0.6) is 5.75 Å². The quantitative estimate of drug-likeness (QED) is 0.588. The van der Waals surface area contributed by atoms with Crippen LogP contribution in [0.4, 0.5) is 24.5 Å². The zero-order valence-corrected chi connectivity index (χ0v) is 14.7. The monoisotopic (exact) mass is 381 g/mol. The van der Waals surface area contributed by atoms with E-state index in [-0.39, 0.29) is 12.4 Å². The van der Waals surface area contributed by atoms with Gasteiger partial charge in [-0.1, -0.05) is 17.3 Å². The summed E-state index contributed by atoms with van der Waals surface area (Å²) in [4.78, 5) is 18.6. The van der Waals surface area contributed by atoms with E-state index in [0.29, 0.717) is 5.69 Å². The number of nitrogens with one attached hydrogen (secondary N) is 1. The van der Waals surface area contributed by atoms with E-state index in [1.54, 1.807) is 0 Å². The summed E-state index contributed by atoms with van der Waals surface area (Å²) in [5.41, 5.74) is 2.15. The van der Waals surface area contributed by atoms with Gasteiger partial charge in [0.2, 0.25) is 0 Å². The van der Waals surface area contributed by atoms with Crippen LogP contribution < -0.4 is 15.0 Å². The average molecular weight is 381 g/mol. The summed E-state index contributed by atoms with van der Waals surface area (Å²) < 4.78 is 40.0. The Morgan fingerprint density at radius 2 is 1.74 bits per heavy atom. The molecule has 0 bridgehead atoms. The highest BCUT2D eigenvalue weighted by Gasteiger charge is 2.30. The molecular formula is C18H18F3N3O3. The van der Waals surface area contributed by atoms with Crippen LogP contribution >= 0.6 is 0 Å². The fourth-order valence-electron chi connectivity index (χ4n) is 1.99. The largest absolute Gasteiger partial charge is 0.573 e. The van der Waals surface area contributed by atoms with Gasteiger partial charge in [0, 0.05) is 25.5 Å². The smallest absolute Gasteiger partial charge is 0.406 e. The predicted octanol–water partition coefficient (Wildman–Crippen LogP) is 3.64. The van der Waals surface area contributed by atoms with Gasteiger partial charge >= 0.3 is 6.36 Å². The van der Waals surface area contributed by atoms with Gasteiger partial charge in [0.25, 0.3) is 5.91 Å². The molecular weight excluding hydrogens is 363 g/mol. The molecule has 2 aromatic rings. The summed E-state index contributed by atoms with van der Waals surface area (Å²) in [5, 5.41) is 6.18. The fourth-order valence-corrected chi connectivity index (χ4v) is 1.99. The second-order valence-electron chi connectivity index (χ2n) is 5.61. The van der Waals surface area contributed by atoms with Crippen molar-refractivity contribution >= 4 is 23.5 Å². The van der Waals surface area contributed by atoms with Gasteiger partial charge in [-0.2, -0.15) is 0 Å². The Hall–Kier alpha value is -3.23. The van der Waals surface area contributed by atoms with Crippen molar-refractivity contribution in [2.45, 2.75) is 6.36 Å². The lowest BCUT2D eigenvalue weighted by atomic mass is 10.2. The van der Waals surface area contributed by atoms with Crippen LogP contribution in [0.3, 0.4) is 0 Å². The number of anilines is 2. The van der Waals surface area contributed by atoms with Crippen molar-refractivity contribution in [1.82, 2.24) is 0 Å². The number of nitrogens with zero attached hydrogens (tertiary/aromatic N) is 2. The summed E-state index contributed by atoms with van der Waals surface area (Å²) in [6.07, 6.45) is -3.29. The zero-order chi connectivity index (χ0) is 19.9. The molecule has 0 saturated heterocycles. The van der Waals surface area contributed by atoms with Crippen molar-refractivity contribution in [3.8, 4) is 5.75 Å². The van der Waals surface area contributed by atoms with Crippen molar-refractivity contribution in [2.75, 3.05) is 30.9 Å². The molecule has 0 radical (unpaired) electrons. The van der Waals surface area contributed by atoms with Gasteiger partial charge in [0.05, 0.1) is 6.21 Å². The van der Waals surface area contributed by atoms with Crippen molar-refractivity contribution in [2.24, 2.45) is 5.16 Å². The Balaban J connectivity index is 1.77. The maximum absolute atomic E-state index is 12.1. The Kier molecular flexibility index (Phi) is 6.64. The number of hydrogen-bond donors (Lipinski definition) is 1. The Morgan fingerprint density at radius 3 is 2.30 bits per heavy atom. The molecule has 27 heavy (non-hydrogen) atoms. The van der Waals surface area contributed by atoms with E-state index in [4.69, 9.17) is 4.84 Å². The number of oxime groups is 1. The van der Waals surface area contributed by atoms with E-state index in [1.807, 2.05) is 43.3 Å². The van der Waals surface area contributed by atoms with Crippen molar-refractivity contribution in [3.63, 3.8) is 0 Å². The van der Waals surface area contributed by atoms with E-state index in [0.717, 1.165) is 23.4 Å². The first kappa shape index (κ1) is 20.1. The Labute approximate surface area is 154 Å². The molecule has 6 nitrogen and oxygen atoms in total. The van der Waals surface area contributed by atoms with Crippen molar-refractivity contribution in [1.29, 1.82) is 0 Å². The van der Waals surface area contributed by atoms with E-state index in [1.165, 1.54) is 18.3 Å². The summed E-state index contributed by atoms with van der Waals surface area (Å²) in [7, 11) is 3.86. The third-order valence-electron chi connectivity index (χ3n) is 3.25. The molecule has 1 N–H and O–H groups in total. The van der Waals surface area contributed by atoms with Crippen LogP contribution in [0, 0.1) is 0 Å². The van der Waals surface area contributed by atoms with Crippen LogP contribution in [0.15, 0.2) is 53.7 Å². The molecule has 9 heteroatoms. The topological polar surface area (TPSA) is 63.2 Å². The number of hydrogen-bond acceptors (Lipinski definition) is 5. The number of benzene rings is 2. The molecule has 0 unspecified atom stereocenters. The van der Waals surface area contributed by atoms with E-state index in [9.17, 15) is 18.0 Å². The molecule has 0 aliphatic heterocycles. The molecule has 2 aromatic carbocycles. The number of alkyl halides is 3. The molecule has 0 heterocycles. The summed E-state index contributed by atoms with van der Waals surface area (Å²) >= 11 is 0. The number of carbonyl (C=O) groups is 1. The van der Waals surface area contributed by atoms with Crippen LogP contribution in [0.2, 0.25) is 0 Å². The molecule has 1 amide bonds. The molecule has 0 atom stereocenters. The standard InChI is InChI=1S/C18H18F3N3O3/c1-24(2)15-7-3-13(4-8-15)11-22-26-12-17(25)23-14-5-9-16(10-6-14)27-18(19,20)21/h3-11H,12H2,1-2H3,(H,23,25)/b22-11+. The second kappa shape index (κ2) is 8.93. The third-order valence-corrected chi connectivity index (χ3v) is 3.25. The maximum atomic E-state index is 12.1. The van der Waals surface area contributed by atoms with Gasteiger partial charge in [-0.05, 0) is 42.0 Å². The molecule has 0 aliphatic carbocycles. The maximum Gasteiger partial charge on any atom is 0.573 e. The second-order valence-corrected chi connectivity index (χ2v) is 5.61. The minimum absolute atomic E-state index is 0.307. The van der Waals surface area contributed by atoms with Crippen LogP contribution in [-0.4, -0.2) is 39.2 Å². The molecule has 0 saturated carbocycles. The summed E-state index contributed by atoms with van der Waals surface area (Å²) in [5.74, 6) is -0.874. The van der Waals surface area contributed by atoms with Crippen LogP contribution in [0.25, 0.3) is 0 Å². The van der Waals surface area contributed by atoms with Gasteiger partial charge < -0.3 is 19.8 Å². The van der Waals surface area contributed by atoms with E-state index >= 15 is 0 Å². The van der Waals surface area contributed by atoms with Crippen LogP contribution in [0.1, 0.15) is 5.56 Å². The zero-order valence-electron chi connectivity index (χ0n) is 14.7. The first-order valence-electron chi connectivity index (χ1n) is 7.81. The van der Waals surface area contributed by atoms with E-state index < -0.39 is 12.3 Å². The summed E-state index contributed by atoms with van der Waals surface area (Å²) in [6.45, 7) is -0.340. The molecule has 0 aromatic heterocycles. The van der Waals surface area contributed by atoms with Crippen molar-refractivity contribution < 1.29 is 27.5 Å². The van der Waals surface area contributed by atoms with Gasteiger partial charge in [-0.3, -0.25) is 4.79 Å². The molecule has 2 rings (SSSR count). The minimum Gasteiger partial charge on any atom is -0.406 e. The normalized spacial score (nSPS) is 11.3. The molecule has 0 fully saturated rings. The Morgan fingerprint density at radius 1 is 1.11 bits per heavy atom. The average Bonchev–Trinajstić information content (AvgIpc) is 2.59. The molecule has 0 aliphatic rings. The van der Waals surface area contributed by atoms with Crippen molar-refractivity contribution in [3.05, 3.63) is 54.1 Å². The minimum atomic E-state index is -4.76. The number of carbonyl (C=O) groups excluding carboxylic acids is 1. The number of amides is 1. The lowest BCUT2D eigenvalue weighted by Gasteiger charge is -2.11.